The monoisotopic (exact) mass is 331 g/mol. The van der Waals surface area contributed by atoms with Crippen molar-refractivity contribution in [3.05, 3.63) is 35.6 Å². The van der Waals surface area contributed by atoms with Crippen LogP contribution in [0.15, 0.2) is 29.3 Å². The summed E-state index contributed by atoms with van der Waals surface area (Å²) in [4.78, 5) is 4.05. The van der Waals surface area contributed by atoms with Gasteiger partial charge in [0.2, 0.25) is 0 Å². The normalized spacial score (nSPS) is 12.2. The van der Waals surface area contributed by atoms with Crippen molar-refractivity contribution in [1.29, 1.82) is 0 Å². The Balaban J connectivity index is 2.19. The van der Waals surface area contributed by atoms with E-state index in [1.807, 2.05) is 0 Å². The third-order valence-electron chi connectivity index (χ3n) is 2.73. The second-order valence-corrected chi connectivity index (χ2v) is 6.98. The fourth-order valence-corrected chi connectivity index (χ4v) is 1.98. The van der Waals surface area contributed by atoms with Gasteiger partial charge in [0, 0.05) is 26.4 Å². The molecule has 0 atom stereocenters. The van der Waals surface area contributed by atoms with Crippen LogP contribution in [0.1, 0.15) is 5.56 Å². The summed E-state index contributed by atoms with van der Waals surface area (Å²) in [5.74, 6) is 0.346. The van der Waals surface area contributed by atoms with Crippen LogP contribution < -0.4 is 10.6 Å². The van der Waals surface area contributed by atoms with Gasteiger partial charge in [-0.25, -0.2) is 12.8 Å². The second-order valence-electron chi connectivity index (χ2n) is 4.72. The minimum atomic E-state index is -2.98. The number of aliphatic imine (C=N–C) groups is 1. The molecule has 0 saturated carbocycles. The molecule has 1 aromatic rings. The highest BCUT2D eigenvalue weighted by atomic mass is 32.2. The van der Waals surface area contributed by atoms with Crippen molar-refractivity contribution < 1.29 is 17.5 Å². The van der Waals surface area contributed by atoms with E-state index in [0.29, 0.717) is 25.7 Å². The minimum Gasteiger partial charge on any atom is -0.379 e. The SMILES string of the molecule is CN=C(NCCOCCS(C)(=O)=O)NCc1ccc(F)cc1. The molecule has 0 fully saturated rings. The lowest BCUT2D eigenvalue weighted by Crippen LogP contribution is -2.38. The van der Waals surface area contributed by atoms with E-state index >= 15 is 0 Å². The minimum absolute atomic E-state index is 0.0184. The van der Waals surface area contributed by atoms with Gasteiger partial charge in [-0.2, -0.15) is 0 Å². The fourth-order valence-electron chi connectivity index (χ4n) is 1.56. The predicted octanol–water partition coefficient (Wildman–Crippen LogP) is 0.552. The molecule has 1 rings (SSSR count). The number of halogens is 1. The molecule has 22 heavy (non-hydrogen) atoms. The van der Waals surface area contributed by atoms with Gasteiger partial charge < -0.3 is 15.4 Å². The zero-order valence-electron chi connectivity index (χ0n) is 12.8. The number of rotatable bonds is 8. The van der Waals surface area contributed by atoms with Gasteiger partial charge in [0.25, 0.3) is 0 Å². The molecule has 0 bridgehead atoms. The molecule has 0 aliphatic heterocycles. The summed E-state index contributed by atoms with van der Waals surface area (Å²) in [5, 5.41) is 6.12. The first kappa shape index (κ1) is 18.4. The molecular formula is C14H22FN3O3S. The van der Waals surface area contributed by atoms with Crippen molar-refractivity contribution in [2.24, 2.45) is 4.99 Å². The molecule has 0 aromatic heterocycles. The number of nitrogens with zero attached hydrogens (tertiary/aromatic N) is 1. The van der Waals surface area contributed by atoms with Crippen LogP contribution in [0.5, 0.6) is 0 Å². The number of sulfone groups is 1. The Labute approximate surface area is 130 Å². The van der Waals surface area contributed by atoms with Gasteiger partial charge in [-0.05, 0) is 17.7 Å². The predicted molar refractivity (Wildman–Crippen MR) is 85.1 cm³/mol. The van der Waals surface area contributed by atoms with E-state index in [1.54, 1.807) is 19.2 Å². The first-order valence-electron chi connectivity index (χ1n) is 6.85. The Morgan fingerprint density at radius 2 is 1.91 bits per heavy atom. The molecule has 6 nitrogen and oxygen atoms in total. The Morgan fingerprint density at radius 1 is 1.23 bits per heavy atom. The first-order valence-corrected chi connectivity index (χ1v) is 8.91. The van der Waals surface area contributed by atoms with Crippen molar-refractivity contribution in [1.82, 2.24) is 10.6 Å². The summed E-state index contributed by atoms with van der Waals surface area (Å²) >= 11 is 0. The lowest BCUT2D eigenvalue weighted by Gasteiger charge is -2.12. The molecule has 0 spiro atoms. The molecule has 0 amide bonds. The van der Waals surface area contributed by atoms with Crippen molar-refractivity contribution in [2.45, 2.75) is 6.54 Å². The Kier molecular flexibility index (Phi) is 7.83. The lowest BCUT2D eigenvalue weighted by molar-refractivity contribution is 0.154. The van der Waals surface area contributed by atoms with Crippen molar-refractivity contribution in [3.8, 4) is 0 Å². The molecule has 2 N–H and O–H groups in total. The zero-order chi connectivity index (χ0) is 16.4. The van der Waals surface area contributed by atoms with E-state index in [2.05, 4.69) is 15.6 Å². The summed E-state index contributed by atoms with van der Waals surface area (Å²) < 4.78 is 39.8. The smallest absolute Gasteiger partial charge is 0.191 e. The van der Waals surface area contributed by atoms with Crippen LogP contribution in [0.2, 0.25) is 0 Å². The standard InChI is InChI=1S/C14H22FN3O3S/c1-16-14(17-7-8-21-9-10-22(2,19)20)18-11-12-3-5-13(15)6-4-12/h3-6H,7-11H2,1-2H3,(H2,16,17,18). The van der Waals surface area contributed by atoms with Crippen molar-refractivity contribution >= 4 is 15.8 Å². The average Bonchev–Trinajstić information content (AvgIpc) is 2.46. The van der Waals surface area contributed by atoms with E-state index < -0.39 is 9.84 Å². The summed E-state index contributed by atoms with van der Waals surface area (Å²) in [6.45, 7) is 1.59. The third kappa shape index (κ3) is 8.58. The molecule has 1 aromatic carbocycles. The van der Waals surface area contributed by atoms with E-state index in [0.717, 1.165) is 5.56 Å². The van der Waals surface area contributed by atoms with Crippen LogP contribution in [0.4, 0.5) is 4.39 Å². The van der Waals surface area contributed by atoms with Crippen LogP contribution in [-0.2, 0) is 21.1 Å². The number of guanidine groups is 1. The Morgan fingerprint density at radius 3 is 2.50 bits per heavy atom. The van der Waals surface area contributed by atoms with E-state index in [-0.39, 0.29) is 18.2 Å². The molecule has 0 heterocycles. The lowest BCUT2D eigenvalue weighted by atomic mass is 10.2. The maximum atomic E-state index is 12.8. The van der Waals surface area contributed by atoms with Gasteiger partial charge in [-0.3, -0.25) is 4.99 Å². The summed E-state index contributed by atoms with van der Waals surface area (Å²) in [6.07, 6.45) is 1.18. The molecule has 124 valence electrons. The first-order chi connectivity index (χ1) is 10.4. The molecule has 0 saturated heterocycles. The number of nitrogens with one attached hydrogen (secondary N) is 2. The molecule has 0 radical (unpaired) electrons. The molecule has 0 aliphatic carbocycles. The van der Waals surface area contributed by atoms with E-state index in [4.69, 9.17) is 4.74 Å². The highest BCUT2D eigenvalue weighted by molar-refractivity contribution is 7.90. The maximum absolute atomic E-state index is 12.8. The van der Waals surface area contributed by atoms with E-state index in [9.17, 15) is 12.8 Å². The van der Waals surface area contributed by atoms with Gasteiger partial charge in [-0.15, -0.1) is 0 Å². The number of hydrogen-bond donors (Lipinski definition) is 2. The quantitative estimate of drug-likeness (QED) is 0.413. The van der Waals surface area contributed by atoms with Gasteiger partial charge in [0.1, 0.15) is 15.7 Å². The van der Waals surface area contributed by atoms with Gasteiger partial charge in [0.05, 0.1) is 19.0 Å². The number of hydrogen-bond acceptors (Lipinski definition) is 4. The maximum Gasteiger partial charge on any atom is 0.191 e. The molecular weight excluding hydrogens is 309 g/mol. The van der Waals surface area contributed by atoms with E-state index in [1.165, 1.54) is 18.4 Å². The van der Waals surface area contributed by atoms with Gasteiger partial charge in [-0.1, -0.05) is 12.1 Å². The Hall–Kier alpha value is -1.67. The van der Waals surface area contributed by atoms with Crippen molar-refractivity contribution in [3.63, 3.8) is 0 Å². The van der Waals surface area contributed by atoms with Gasteiger partial charge >= 0.3 is 0 Å². The largest absolute Gasteiger partial charge is 0.379 e. The second kappa shape index (κ2) is 9.37. The number of benzene rings is 1. The number of ether oxygens (including phenoxy) is 1. The van der Waals surface area contributed by atoms with Gasteiger partial charge in [0.15, 0.2) is 5.96 Å². The zero-order valence-corrected chi connectivity index (χ0v) is 13.6. The molecule has 0 unspecified atom stereocenters. The summed E-state index contributed by atoms with van der Waals surface area (Å²) in [5.41, 5.74) is 0.939. The highest BCUT2D eigenvalue weighted by Gasteiger charge is 2.02. The van der Waals surface area contributed by atoms with Crippen molar-refractivity contribution in [2.75, 3.05) is 38.8 Å². The summed E-state index contributed by atoms with van der Waals surface area (Å²) in [6, 6.07) is 6.21. The summed E-state index contributed by atoms with van der Waals surface area (Å²) in [7, 11) is -1.34. The molecule has 0 aliphatic rings. The average molecular weight is 331 g/mol. The van der Waals surface area contributed by atoms with Crippen LogP contribution in [0.3, 0.4) is 0 Å². The van der Waals surface area contributed by atoms with Crippen LogP contribution in [0.25, 0.3) is 0 Å². The fraction of sp³-hybridized carbons (Fsp3) is 0.500. The van der Waals surface area contributed by atoms with Crippen LogP contribution >= 0.6 is 0 Å². The van der Waals surface area contributed by atoms with Crippen LogP contribution in [-0.4, -0.2) is 53.2 Å². The Bertz CT molecular complexity index is 574. The van der Waals surface area contributed by atoms with Crippen LogP contribution in [0, 0.1) is 5.82 Å². The topological polar surface area (TPSA) is 79.8 Å². The third-order valence-corrected chi connectivity index (χ3v) is 3.64. The highest BCUT2D eigenvalue weighted by Crippen LogP contribution is 2.01. The molecule has 8 heteroatoms.